The highest BCUT2D eigenvalue weighted by atomic mass is 19.4. The summed E-state index contributed by atoms with van der Waals surface area (Å²) in [4.78, 5) is 6.70. The normalized spacial score (nSPS) is 11.7. The highest BCUT2D eigenvalue weighted by Crippen LogP contribution is 2.31. The maximum atomic E-state index is 12.7. The van der Waals surface area contributed by atoms with Crippen molar-refractivity contribution in [1.82, 2.24) is 15.3 Å². The van der Waals surface area contributed by atoms with Crippen molar-refractivity contribution in [2.24, 2.45) is 0 Å². The van der Waals surface area contributed by atoms with Crippen LogP contribution in [0.15, 0.2) is 36.8 Å². The van der Waals surface area contributed by atoms with Crippen molar-refractivity contribution in [2.45, 2.75) is 19.3 Å². The summed E-state index contributed by atoms with van der Waals surface area (Å²) >= 11 is 0. The number of imidazole rings is 1. The highest BCUT2D eigenvalue weighted by Gasteiger charge is 2.32. The summed E-state index contributed by atoms with van der Waals surface area (Å²) < 4.78 is 38.1. The van der Waals surface area contributed by atoms with Crippen LogP contribution in [0.3, 0.4) is 0 Å². The zero-order valence-corrected chi connectivity index (χ0v) is 9.46. The molecule has 6 heteroatoms. The van der Waals surface area contributed by atoms with Gasteiger partial charge in [-0.1, -0.05) is 18.2 Å². The third-order valence-electron chi connectivity index (χ3n) is 2.51. The summed E-state index contributed by atoms with van der Waals surface area (Å²) in [6.07, 6.45) is -1.16. The van der Waals surface area contributed by atoms with Gasteiger partial charge in [-0.3, -0.25) is 0 Å². The molecule has 1 aromatic carbocycles. The van der Waals surface area contributed by atoms with Crippen molar-refractivity contribution < 1.29 is 13.2 Å². The van der Waals surface area contributed by atoms with Crippen LogP contribution in [-0.4, -0.2) is 9.97 Å². The van der Waals surface area contributed by atoms with Crippen molar-refractivity contribution in [3.63, 3.8) is 0 Å². The number of halogens is 3. The monoisotopic (exact) mass is 255 g/mol. The summed E-state index contributed by atoms with van der Waals surface area (Å²) in [6.45, 7) is 0.612. The molecule has 1 heterocycles. The molecule has 0 aliphatic rings. The van der Waals surface area contributed by atoms with E-state index in [1.54, 1.807) is 12.3 Å². The maximum absolute atomic E-state index is 12.7. The second kappa shape index (κ2) is 5.22. The Balaban J connectivity index is 2.01. The maximum Gasteiger partial charge on any atom is 0.416 e. The molecule has 0 spiro atoms. The number of H-pyrrole nitrogens is 1. The fourth-order valence-electron chi connectivity index (χ4n) is 1.66. The van der Waals surface area contributed by atoms with Gasteiger partial charge in [0.25, 0.3) is 0 Å². The zero-order chi connectivity index (χ0) is 13.0. The molecule has 0 radical (unpaired) electrons. The van der Waals surface area contributed by atoms with Crippen LogP contribution in [0.1, 0.15) is 16.8 Å². The van der Waals surface area contributed by atoms with Gasteiger partial charge in [-0.2, -0.15) is 13.2 Å². The molecule has 18 heavy (non-hydrogen) atoms. The van der Waals surface area contributed by atoms with E-state index in [1.807, 2.05) is 0 Å². The van der Waals surface area contributed by atoms with Gasteiger partial charge in [-0.05, 0) is 11.6 Å². The minimum absolute atomic E-state index is 0.161. The SMILES string of the molecule is FC(F)(F)c1ccccc1CNCc1cnc[nH]1. The van der Waals surface area contributed by atoms with Crippen molar-refractivity contribution in [1.29, 1.82) is 0 Å². The van der Waals surface area contributed by atoms with E-state index in [1.165, 1.54) is 18.5 Å². The molecule has 0 aliphatic heterocycles. The van der Waals surface area contributed by atoms with E-state index in [9.17, 15) is 13.2 Å². The lowest BCUT2D eigenvalue weighted by molar-refractivity contribution is -0.138. The molecule has 2 aromatic rings. The Bertz CT molecular complexity index is 492. The lowest BCUT2D eigenvalue weighted by Crippen LogP contribution is -2.17. The molecule has 2 N–H and O–H groups in total. The van der Waals surface area contributed by atoms with Crippen LogP contribution < -0.4 is 5.32 Å². The summed E-state index contributed by atoms with van der Waals surface area (Å²) in [7, 11) is 0. The van der Waals surface area contributed by atoms with E-state index < -0.39 is 11.7 Å². The third kappa shape index (κ3) is 3.10. The first-order chi connectivity index (χ1) is 8.57. The summed E-state index contributed by atoms with van der Waals surface area (Å²) in [6, 6.07) is 5.56. The first-order valence-electron chi connectivity index (χ1n) is 5.40. The molecule has 96 valence electrons. The lowest BCUT2D eigenvalue weighted by atomic mass is 10.1. The van der Waals surface area contributed by atoms with E-state index in [4.69, 9.17) is 0 Å². The van der Waals surface area contributed by atoms with Crippen LogP contribution in [0.2, 0.25) is 0 Å². The Morgan fingerprint density at radius 3 is 2.61 bits per heavy atom. The third-order valence-corrected chi connectivity index (χ3v) is 2.51. The highest BCUT2D eigenvalue weighted by molar-refractivity contribution is 5.29. The zero-order valence-electron chi connectivity index (χ0n) is 9.46. The van der Waals surface area contributed by atoms with Gasteiger partial charge >= 0.3 is 6.18 Å². The number of alkyl halides is 3. The van der Waals surface area contributed by atoms with Crippen LogP contribution in [0, 0.1) is 0 Å². The molecule has 0 saturated carbocycles. The molecule has 0 unspecified atom stereocenters. The first kappa shape index (κ1) is 12.6. The van der Waals surface area contributed by atoms with Gasteiger partial charge in [-0.25, -0.2) is 4.98 Å². The van der Waals surface area contributed by atoms with Crippen molar-refractivity contribution in [2.75, 3.05) is 0 Å². The standard InChI is InChI=1S/C12H12F3N3/c13-12(14,15)11-4-2-1-3-9(11)5-16-6-10-7-17-8-18-10/h1-4,7-8,16H,5-6H2,(H,17,18). The van der Waals surface area contributed by atoms with Crippen LogP contribution in [0.5, 0.6) is 0 Å². The number of hydrogen-bond acceptors (Lipinski definition) is 2. The molecule has 0 aliphatic carbocycles. The second-order valence-electron chi connectivity index (χ2n) is 3.84. The molecule has 0 saturated heterocycles. The van der Waals surface area contributed by atoms with Crippen molar-refractivity contribution in [3.8, 4) is 0 Å². The Kier molecular flexibility index (Phi) is 3.66. The van der Waals surface area contributed by atoms with Gasteiger partial charge in [0, 0.05) is 25.0 Å². The molecular weight excluding hydrogens is 243 g/mol. The molecule has 2 rings (SSSR count). The van der Waals surface area contributed by atoms with E-state index >= 15 is 0 Å². The number of aromatic nitrogens is 2. The number of benzene rings is 1. The molecule has 0 fully saturated rings. The van der Waals surface area contributed by atoms with E-state index in [-0.39, 0.29) is 12.1 Å². The molecule has 0 bridgehead atoms. The van der Waals surface area contributed by atoms with Gasteiger partial charge in [0.1, 0.15) is 0 Å². The van der Waals surface area contributed by atoms with Crippen LogP contribution in [0.25, 0.3) is 0 Å². The first-order valence-corrected chi connectivity index (χ1v) is 5.40. The predicted molar refractivity (Wildman–Crippen MR) is 60.6 cm³/mol. The average molecular weight is 255 g/mol. The number of aromatic amines is 1. The average Bonchev–Trinajstić information content (AvgIpc) is 2.81. The van der Waals surface area contributed by atoms with Crippen molar-refractivity contribution in [3.05, 3.63) is 53.6 Å². The van der Waals surface area contributed by atoms with Gasteiger partial charge in [0.2, 0.25) is 0 Å². The van der Waals surface area contributed by atoms with Gasteiger partial charge < -0.3 is 10.3 Å². The molecule has 0 amide bonds. The smallest absolute Gasteiger partial charge is 0.347 e. The number of nitrogens with zero attached hydrogens (tertiary/aromatic N) is 1. The van der Waals surface area contributed by atoms with E-state index in [2.05, 4.69) is 15.3 Å². The van der Waals surface area contributed by atoms with E-state index in [0.717, 1.165) is 11.8 Å². The quantitative estimate of drug-likeness (QED) is 0.881. The number of nitrogens with one attached hydrogen (secondary N) is 2. The van der Waals surface area contributed by atoms with Gasteiger partial charge in [-0.15, -0.1) is 0 Å². The minimum Gasteiger partial charge on any atom is -0.347 e. The fraction of sp³-hybridized carbons (Fsp3) is 0.250. The van der Waals surface area contributed by atoms with Crippen molar-refractivity contribution >= 4 is 0 Å². The fourth-order valence-corrected chi connectivity index (χ4v) is 1.66. The molecule has 0 atom stereocenters. The Labute approximate surface area is 102 Å². The summed E-state index contributed by atoms with van der Waals surface area (Å²) in [5.41, 5.74) is 0.478. The largest absolute Gasteiger partial charge is 0.416 e. The molecule has 1 aromatic heterocycles. The predicted octanol–water partition coefficient (Wildman–Crippen LogP) is 2.72. The Morgan fingerprint density at radius 1 is 1.17 bits per heavy atom. The summed E-state index contributed by atoms with van der Waals surface area (Å²) in [5, 5.41) is 2.95. The second-order valence-corrected chi connectivity index (χ2v) is 3.84. The lowest BCUT2D eigenvalue weighted by Gasteiger charge is -2.12. The Morgan fingerprint density at radius 2 is 1.94 bits per heavy atom. The number of hydrogen-bond donors (Lipinski definition) is 2. The van der Waals surface area contributed by atoms with Crippen LogP contribution >= 0.6 is 0 Å². The minimum atomic E-state index is -4.31. The topological polar surface area (TPSA) is 40.7 Å². The van der Waals surface area contributed by atoms with E-state index in [0.29, 0.717) is 6.54 Å². The van der Waals surface area contributed by atoms with Gasteiger partial charge in [0.15, 0.2) is 0 Å². The van der Waals surface area contributed by atoms with Crippen LogP contribution in [-0.2, 0) is 19.3 Å². The Hall–Kier alpha value is -1.82. The molecule has 3 nitrogen and oxygen atoms in total. The van der Waals surface area contributed by atoms with Crippen LogP contribution in [0.4, 0.5) is 13.2 Å². The summed E-state index contributed by atoms with van der Waals surface area (Å²) in [5.74, 6) is 0. The van der Waals surface area contributed by atoms with Gasteiger partial charge in [0.05, 0.1) is 11.9 Å². The molecular formula is C12H12F3N3. The number of rotatable bonds is 4.